The summed E-state index contributed by atoms with van der Waals surface area (Å²) in [6.07, 6.45) is 1.15. The summed E-state index contributed by atoms with van der Waals surface area (Å²) < 4.78 is 0. The highest BCUT2D eigenvalue weighted by atomic mass is 16.4. The normalized spacial score (nSPS) is 23.2. The Labute approximate surface area is 104 Å². The molecule has 0 radical (unpaired) electrons. The molecule has 5 heteroatoms. The van der Waals surface area contributed by atoms with Crippen LogP contribution in [0.3, 0.4) is 0 Å². The molecule has 2 atom stereocenters. The van der Waals surface area contributed by atoms with Crippen LogP contribution in [0, 0.1) is 0 Å². The molecule has 17 heavy (non-hydrogen) atoms. The molecular weight excluding hydrogens is 218 g/mol. The molecule has 1 saturated heterocycles. The molecule has 100 valence electrons. The van der Waals surface area contributed by atoms with Crippen molar-refractivity contribution in [1.82, 2.24) is 15.1 Å². The van der Waals surface area contributed by atoms with Crippen molar-refractivity contribution < 1.29 is 9.90 Å². The Kier molecular flexibility index (Phi) is 5.88. The van der Waals surface area contributed by atoms with Crippen LogP contribution in [-0.4, -0.2) is 72.7 Å². The smallest absolute Gasteiger partial charge is 0.322 e. The Morgan fingerprint density at radius 1 is 1.53 bits per heavy atom. The quantitative estimate of drug-likeness (QED) is 0.663. The number of rotatable bonds is 7. The fourth-order valence-electron chi connectivity index (χ4n) is 2.57. The van der Waals surface area contributed by atoms with Crippen molar-refractivity contribution in [3.8, 4) is 0 Å². The minimum absolute atomic E-state index is 0.453. The highest BCUT2D eigenvalue weighted by Crippen LogP contribution is 2.15. The van der Waals surface area contributed by atoms with Crippen LogP contribution in [0.5, 0.6) is 0 Å². The van der Waals surface area contributed by atoms with Gasteiger partial charge in [0.2, 0.25) is 0 Å². The summed E-state index contributed by atoms with van der Waals surface area (Å²) >= 11 is 0. The number of aliphatic carboxylic acids is 1. The minimum atomic E-state index is -0.765. The Hall–Kier alpha value is -0.650. The van der Waals surface area contributed by atoms with Crippen LogP contribution in [0.25, 0.3) is 0 Å². The molecular formula is C12H25N3O2. The van der Waals surface area contributed by atoms with E-state index in [0.717, 1.165) is 32.6 Å². The third-order valence-electron chi connectivity index (χ3n) is 3.66. The van der Waals surface area contributed by atoms with Gasteiger partial charge in [0.25, 0.3) is 0 Å². The summed E-state index contributed by atoms with van der Waals surface area (Å²) in [6.45, 7) is 9.11. The monoisotopic (exact) mass is 243 g/mol. The fraction of sp³-hybridized carbons (Fsp3) is 0.917. The Bertz CT molecular complexity index is 244. The summed E-state index contributed by atoms with van der Waals surface area (Å²) in [4.78, 5) is 15.6. The minimum Gasteiger partial charge on any atom is -0.480 e. The maximum Gasteiger partial charge on any atom is 0.322 e. The topological polar surface area (TPSA) is 55.8 Å². The molecule has 0 aromatic rings. The van der Waals surface area contributed by atoms with E-state index < -0.39 is 12.0 Å². The molecule has 1 aliphatic heterocycles. The van der Waals surface area contributed by atoms with Crippen molar-refractivity contribution in [1.29, 1.82) is 0 Å². The molecule has 2 N–H and O–H groups in total. The van der Waals surface area contributed by atoms with Crippen LogP contribution in [0.2, 0.25) is 0 Å². The Morgan fingerprint density at radius 3 is 2.65 bits per heavy atom. The molecule has 2 unspecified atom stereocenters. The van der Waals surface area contributed by atoms with Crippen molar-refractivity contribution in [2.24, 2.45) is 0 Å². The van der Waals surface area contributed by atoms with E-state index in [-0.39, 0.29) is 0 Å². The fourth-order valence-corrected chi connectivity index (χ4v) is 2.57. The lowest BCUT2D eigenvalue weighted by Crippen LogP contribution is -2.45. The number of likely N-dealkylation sites (tertiary alicyclic amines) is 1. The molecule has 0 aromatic carbocycles. The number of hydrogen-bond acceptors (Lipinski definition) is 4. The van der Waals surface area contributed by atoms with Crippen LogP contribution in [-0.2, 0) is 4.79 Å². The summed E-state index contributed by atoms with van der Waals surface area (Å²) in [5.74, 6) is -0.765. The molecule has 1 fully saturated rings. The number of likely N-dealkylation sites (N-methyl/N-ethyl adjacent to an activating group) is 2. The van der Waals surface area contributed by atoms with Crippen LogP contribution in [0.15, 0.2) is 0 Å². The summed E-state index contributed by atoms with van der Waals surface area (Å²) in [7, 11) is 1.71. The van der Waals surface area contributed by atoms with E-state index in [1.54, 1.807) is 7.05 Å². The highest BCUT2D eigenvalue weighted by Gasteiger charge is 2.28. The molecule has 0 aliphatic carbocycles. The Morgan fingerprint density at radius 2 is 2.18 bits per heavy atom. The van der Waals surface area contributed by atoms with Gasteiger partial charge in [0, 0.05) is 19.1 Å². The maximum absolute atomic E-state index is 10.9. The summed E-state index contributed by atoms with van der Waals surface area (Å²) in [5, 5.41) is 11.8. The van der Waals surface area contributed by atoms with Gasteiger partial charge >= 0.3 is 5.97 Å². The number of nitrogens with one attached hydrogen (secondary N) is 1. The molecule has 0 saturated carbocycles. The van der Waals surface area contributed by atoms with Gasteiger partial charge in [-0.25, -0.2) is 0 Å². The van der Waals surface area contributed by atoms with E-state index in [4.69, 9.17) is 5.11 Å². The molecule has 0 spiro atoms. The standard InChI is InChI=1S/C12H25N3O2/c1-4-15(5-2)10-6-7-14(8-10)9-11(13-3)12(16)17/h10-11,13H,4-9H2,1-3H3,(H,16,17). The largest absolute Gasteiger partial charge is 0.480 e. The first-order valence-electron chi connectivity index (χ1n) is 6.48. The second kappa shape index (κ2) is 6.93. The van der Waals surface area contributed by atoms with E-state index in [0.29, 0.717) is 12.6 Å². The molecule has 0 bridgehead atoms. The van der Waals surface area contributed by atoms with Crippen molar-refractivity contribution in [2.75, 3.05) is 39.8 Å². The molecule has 1 heterocycles. The third kappa shape index (κ3) is 3.94. The van der Waals surface area contributed by atoms with Gasteiger partial charge in [-0.2, -0.15) is 0 Å². The Balaban J connectivity index is 2.42. The van der Waals surface area contributed by atoms with Crippen molar-refractivity contribution in [2.45, 2.75) is 32.4 Å². The number of carboxylic acid groups (broad SMARTS) is 1. The molecule has 0 aromatic heterocycles. The zero-order valence-corrected chi connectivity index (χ0v) is 11.1. The third-order valence-corrected chi connectivity index (χ3v) is 3.66. The predicted octanol–water partition coefficient (Wildman–Crippen LogP) is 0.0751. The van der Waals surface area contributed by atoms with Crippen LogP contribution in [0.4, 0.5) is 0 Å². The number of hydrogen-bond donors (Lipinski definition) is 2. The van der Waals surface area contributed by atoms with Crippen LogP contribution >= 0.6 is 0 Å². The zero-order valence-electron chi connectivity index (χ0n) is 11.1. The SMILES string of the molecule is CCN(CC)C1CCN(CC(NC)C(=O)O)C1. The van der Waals surface area contributed by atoms with Crippen LogP contribution < -0.4 is 5.32 Å². The first-order valence-corrected chi connectivity index (χ1v) is 6.48. The van der Waals surface area contributed by atoms with Gasteiger partial charge in [-0.1, -0.05) is 13.8 Å². The first kappa shape index (κ1) is 14.4. The highest BCUT2D eigenvalue weighted by molar-refractivity contribution is 5.73. The number of carbonyl (C=O) groups is 1. The summed E-state index contributed by atoms with van der Waals surface area (Å²) in [5.41, 5.74) is 0. The van der Waals surface area contributed by atoms with E-state index in [9.17, 15) is 4.79 Å². The lowest BCUT2D eigenvalue weighted by Gasteiger charge is -2.26. The van der Waals surface area contributed by atoms with E-state index in [2.05, 4.69) is 29.0 Å². The zero-order chi connectivity index (χ0) is 12.8. The first-order chi connectivity index (χ1) is 8.12. The van der Waals surface area contributed by atoms with Gasteiger partial charge in [-0.15, -0.1) is 0 Å². The second-order valence-corrected chi connectivity index (χ2v) is 4.60. The lowest BCUT2D eigenvalue weighted by molar-refractivity contribution is -0.139. The maximum atomic E-state index is 10.9. The van der Waals surface area contributed by atoms with Gasteiger partial charge in [-0.3, -0.25) is 14.6 Å². The van der Waals surface area contributed by atoms with Crippen molar-refractivity contribution in [3.05, 3.63) is 0 Å². The van der Waals surface area contributed by atoms with Crippen molar-refractivity contribution >= 4 is 5.97 Å². The second-order valence-electron chi connectivity index (χ2n) is 4.60. The summed E-state index contributed by atoms with van der Waals surface area (Å²) in [6, 6.07) is 0.141. The van der Waals surface area contributed by atoms with Crippen molar-refractivity contribution in [3.63, 3.8) is 0 Å². The van der Waals surface area contributed by atoms with Crippen LogP contribution in [0.1, 0.15) is 20.3 Å². The lowest BCUT2D eigenvalue weighted by atomic mass is 10.2. The van der Waals surface area contributed by atoms with E-state index >= 15 is 0 Å². The van der Waals surface area contributed by atoms with E-state index in [1.807, 2.05) is 0 Å². The molecule has 0 amide bonds. The average molecular weight is 243 g/mol. The molecule has 5 nitrogen and oxygen atoms in total. The van der Waals surface area contributed by atoms with Gasteiger partial charge in [-0.05, 0) is 33.1 Å². The van der Waals surface area contributed by atoms with Gasteiger partial charge < -0.3 is 10.4 Å². The molecule has 1 rings (SSSR count). The number of nitrogens with zero attached hydrogens (tertiary/aromatic N) is 2. The van der Waals surface area contributed by atoms with E-state index in [1.165, 1.54) is 0 Å². The predicted molar refractivity (Wildman–Crippen MR) is 68.2 cm³/mol. The average Bonchev–Trinajstić information content (AvgIpc) is 2.76. The number of carboxylic acids is 1. The van der Waals surface area contributed by atoms with Gasteiger partial charge in [0.05, 0.1) is 0 Å². The van der Waals surface area contributed by atoms with Gasteiger partial charge in [0.15, 0.2) is 0 Å². The van der Waals surface area contributed by atoms with Gasteiger partial charge in [0.1, 0.15) is 6.04 Å². The molecule has 1 aliphatic rings.